The Morgan fingerprint density at radius 1 is 1.39 bits per heavy atom. The minimum Gasteiger partial charge on any atom is -0.350 e. The fourth-order valence-corrected chi connectivity index (χ4v) is 3.40. The number of carbonyl (C=O) groups is 1. The van der Waals surface area contributed by atoms with Crippen LogP contribution in [0.3, 0.4) is 0 Å². The fraction of sp³-hybridized carbons (Fsp3) is 0.533. The highest BCUT2D eigenvalue weighted by atomic mass is 32.1. The molecule has 1 aliphatic carbocycles. The molecule has 0 aliphatic heterocycles. The van der Waals surface area contributed by atoms with Gasteiger partial charge in [-0.3, -0.25) is 4.79 Å². The van der Waals surface area contributed by atoms with Crippen molar-refractivity contribution < 1.29 is 4.79 Å². The lowest BCUT2D eigenvalue weighted by molar-refractivity contribution is 0.0958. The molecule has 0 bridgehead atoms. The normalized spacial score (nSPS) is 14.1. The van der Waals surface area contributed by atoms with Gasteiger partial charge in [0.05, 0.1) is 4.88 Å². The predicted octanol–water partition coefficient (Wildman–Crippen LogP) is 3.16. The molecule has 1 N–H and O–H groups in total. The molecular weight excluding hydrogens is 242 g/mol. The van der Waals surface area contributed by atoms with E-state index in [4.69, 9.17) is 0 Å². The zero-order chi connectivity index (χ0) is 12.8. The van der Waals surface area contributed by atoms with Crippen molar-refractivity contribution >= 4 is 17.2 Å². The predicted molar refractivity (Wildman–Crippen MR) is 76.0 cm³/mol. The molecule has 18 heavy (non-hydrogen) atoms. The molecule has 1 aromatic heterocycles. The topological polar surface area (TPSA) is 29.1 Å². The minimum absolute atomic E-state index is 0.0611. The molecule has 96 valence electrons. The van der Waals surface area contributed by atoms with Gasteiger partial charge in [0, 0.05) is 17.8 Å². The number of nitrogens with one attached hydrogen (secondary N) is 1. The van der Waals surface area contributed by atoms with E-state index in [2.05, 4.69) is 23.2 Å². The van der Waals surface area contributed by atoms with Crippen LogP contribution in [0.1, 0.15) is 52.7 Å². The molecule has 0 atom stereocenters. The molecule has 2 nitrogen and oxygen atoms in total. The summed E-state index contributed by atoms with van der Waals surface area (Å²) in [4.78, 5) is 14.3. The Balaban J connectivity index is 1.95. The second-order valence-electron chi connectivity index (χ2n) is 4.55. The van der Waals surface area contributed by atoms with E-state index in [-0.39, 0.29) is 5.91 Å². The summed E-state index contributed by atoms with van der Waals surface area (Å²) in [5, 5.41) is 2.93. The first-order valence-corrected chi connectivity index (χ1v) is 7.42. The van der Waals surface area contributed by atoms with E-state index in [1.54, 1.807) is 11.3 Å². The van der Waals surface area contributed by atoms with Gasteiger partial charge in [0.15, 0.2) is 0 Å². The zero-order valence-corrected chi connectivity index (χ0v) is 11.7. The van der Waals surface area contributed by atoms with Crippen LogP contribution in [-0.2, 0) is 12.8 Å². The van der Waals surface area contributed by atoms with Crippen LogP contribution in [0.15, 0.2) is 6.07 Å². The van der Waals surface area contributed by atoms with Crippen LogP contribution in [0.25, 0.3) is 0 Å². The van der Waals surface area contributed by atoms with Crippen molar-refractivity contribution in [2.45, 2.75) is 45.4 Å². The average Bonchev–Trinajstić information content (AvgIpc) is 2.66. The maximum Gasteiger partial charge on any atom is 0.261 e. The summed E-state index contributed by atoms with van der Waals surface area (Å²) in [6, 6.07) is 2.09. The summed E-state index contributed by atoms with van der Waals surface area (Å²) < 4.78 is 0. The van der Waals surface area contributed by atoms with Crippen molar-refractivity contribution in [3.8, 4) is 11.8 Å². The third-order valence-corrected chi connectivity index (χ3v) is 4.42. The lowest BCUT2D eigenvalue weighted by Crippen LogP contribution is -2.23. The van der Waals surface area contributed by atoms with Gasteiger partial charge < -0.3 is 5.32 Å². The third-order valence-electron chi connectivity index (χ3n) is 3.18. The Kier molecular flexibility index (Phi) is 4.83. The number of rotatable bonds is 3. The summed E-state index contributed by atoms with van der Waals surface area (Å²) >= 11 is 1.67. The number of hydrogen-bond donors (Lipinski definition) is 1. The first-order valence-electron chi connectivity index (χ1n) is 6.60. The van der Waals surface area contributed by atoms with Gasteiger partial charge in [-0.25, -0.2) is 0 Å². The minimum atomic E-state index is 0.0611. The van der Waals surface area contributed by atoms with Crippen LogP contribution in [0.5, 0.6) is 0 Å². The van der Waals surface area contributed by atoms with Crippen LogP contribution >= 0.6 is 11.3 Å². The van der Waals surface area contributed by atoms with Crippen LogP contribution in [0.4, 0.5) is 0 Å². The maximum atomic E-state index is 12.0. The molecule has 1 aliphatic rings. The molecule has 1 heterocycles. The highest BCUT2D eigenvalue weighted by molar-refractivity contribution is 7.14. The molecule has 0 saturated carbocycles. The molecule has 0 radical (unpaired) electrons. The highest BCUT2D eigenvalue weighted by Crippen LogP contribution is 2.28. The van der Waals surface area contributed by atoms with Gasteiger partial charge in [-0.1, -0.05) is 6.42 Å². The number of carbonyl (C=O) groups excluding carboxylic acids is 1. The van der Waals surface area contributed by atoms with Gasteiger partial charge in [0.25, 0.3) is 5.91 Å². The number of hydrogen-bond acceptors (Lipinski definition) is 2. The fourth-order valence-electron chi connectivity index (χ4n) is 2.23. The third kappa shape index (κ3) is 3.36. The van der Waals surface area contributed by atoms with Crippen molar-refractivity contribution in [3.63, 3.8) is 0 Å². The molecule has 0 spiro atoms. The van der Waals surface area contributed by atoms with Gasteiger partial charge in [-0.2, -0.15) is 0 Å². The maximum absolute atomic E-state index is 12.0. The van der Waals surface area contributed by atoms with E-state index in [0.29, 0.717) is 6.54 Å². The Bertz CT molecular complexity index is 455. The molecule has 0 aromatic carbocycles. The number of thiophene rings is 1. The largest absolute Gasteiger partial charge is 0.350 e. The van der Waals surface area contributed by atoms with Gasteiger partial charge in [0.2, 0.25) is 0 Å². The lowest BCUT2D eigenvalue weighted by Gasteiger charge is -1.99. The van der Waals surface area contributed by atoms with Gasteiger partial charge in [-0.05, 0) is 44.2 Å². The molecule has 1 amide bonds. The summed E-state index contributed by atoms with van der Waals surface area (Å²) in [6.07, 6.45) is 6.86. The number of fused-ring (bicyclic) bond motifs is 1. The summed E-state index contributed by atoms with van der Waals surface area (Å²) in [5.41, 5.74) is 1.40. The van der Waals surface area contributed by atoms with Crippen molar-refractivity contribution in [1.82, 2.24) is 5.32 Å². The molecular formula is C15H19NOS. The highest BCUT2D eigenvalue weighted by Gasteiger charge is 2.15. The number of amides is 1. The van der Waals surface area contributed by atoms with Crippen LogP contribution in [-0.4, -0.2) is 12.5 Å². The van der Waals surface area contributed by atoms with Gasteiger partial charge in [-0.15, -0.1) is 23.2 Å². The summed E-state index contributed by atoms with van der Waals surface area (Å²) in [7, 11) is 0. The molecule has 0 saturated heterocycles. The zero-order valence-electron chi connectivity index (χ0n) is 10.8. The van der Waals surface area contributed by atoms with E-state index >= 15 is 0 Å². The van der Waals surface area contributed by atoms with Crippen LogP contribution < -0.4 is 5.32 Å². The second kappa shape index (κ2) is 6.61. The second-order valence-corrected chi connectivity index (χ2v) is 5.69. The quantitative estimate of drug-likeness (QED) is 0.505. The number of aryl methyl sites for hydroxylation is 2. The van der Waals surface area contributed by atoms with Crippen molar-refractivity contribution in [3.05, 3.63) is 21.4 Å². The van der Waals surface area contributed by atoms with E-state index in [0.717, 1.165) is 24.1 Å². The molecule has 3 heteroatoms. The van der Waals surface area contributed by atoms with Crippen LogP contribution in [0.2, 0.25) is 0 Å². The average molecular weight is 261 g/mol. The van der Waals surface area contributed by atoms with E-state index in [1.165, 1.54) is 29.7 Å². The van der Waals surface area contributed by atoms with Gasteiger partial charge >= 0.3 is 0 Å². The first-order chi connectivity index (χ1) is 8.81. The molecule has 2 rings (SSSR count). The molecule has 0 fully saturated rings. The van der Waals surface area contributed by atoms with Crippen molar-refractivity contribution in [2.75, 3.05) is 6.54 Å². The van der Waals surface area contributed by atoms with E-state index in [1.807, 2.05) is 6.92 Å². The Hall–Kier alpha value is -1.27. The standard InChI is InChI=1S/C15H19NOS/c1-2-3-7-10-16-15(17)14-11-12-8-5-4-6-9-13(12)18-14/h11H,4-10H2,1H3,(H,16,17). The SMILES string of the molecule is CC#CCCNC(=O)c1cc2c(s1)CCCCC2. The molecule has 1 aromatic rings. The Morgan fingerprint density at radius 3 is 3.06 bits per heavy atom. The van der Waals surface area contributed by atoms with Crippen molar-refractivity contribution in [1.29, 1.82) is 0 Å². The summed E-state index contributed by atoms with van der Waals surface area (Å²) in [6.45, 7) is 2.46. The van der Waals surface area contributed by atoms with Crippen LogP contribution in [0, 0.1) is 11.8 Å². The van der Waals surface area contributed by atoms with Gasteiger partial charge in [0.1, 0.15) is 0 Å². The van der Waals surface area contributed by atoms with E-state index in [9.17, 15) is 4.79 Å². The van der Waals surface area contributed by atoms with Crippen molar-refractivity contribution in [2.24, 2.45) is 0 Å². The van der Waals surface area contributed by atoms with E-state index < -0.39 is 0 Å². The monoisotopic (exact) mass is 261 g/mol. The Morgan fingerprint density at radius 2 is 2.22 bits per heavy atom. The summed E-state index contributed by atoms with van der Waals surface area (Å²) in [5.74, 6) is 5.84. The molecule has 0 unspecified atom stereocenters. The first kappa shape index (κ1) is 13.2. The lowest BCUT2D eigenvalue weighted by atomic mass is 10.1. The smallest absolute Gasteiger partial charge is 0.261 e. The Labute approximate surface area is 113 Å².